The summed E-state index contributed by atoms with van der Waals surface area (Å²) in [5, 5.41) is 3.71. The highest BCUT2D eigenvalue weighted by molar-refractivity contribution is 9.10. The fourth-order valence-corrected chi connectivity index (χ4v) is 3.43. The Bertz CT molecular complexity index is 425. The van der Waals surface area contributed by atoms with Crippen molar-refractivity contribution in [1.82, 2.24) is 5.32 Å². The molecule has 0 spiro atoms. The van der Waals surface area contributed by atoms with Crippen LogP contribution in [0.5, 0.6) is 0 Å². The molecule has 0 aromatic heterocycles. The van der Waals surface area contributed by atoms with Crippen LogP contribution >= 0.6 is 15.9 Å². The molecule has 19 heavy (non-hydrogen) atoms. The second-order valence-electron chi connectivity index (χ2n) is 6.12. The fourth-order valence-electron chi connectivity index (χ4n) is 2.98. The van der Waals surface area contributed by atoms with Crippen LogP contribution in [0.15, 0.2) is 28.7 Å². The highest BCUT2D eigenvalue weighted by Crippen LogP contribution is 2.34. The van der Waals surface area contributed by atoms with E-state index in [0.29, 0.717) is 5.41 Å². The summed E-state index contributed by atoms with van der Waals surface area (Å²) in [7, 11) is 0. The minimum atomic E-state index is 0.293. The lowest BCUT2D eigenvalue weighted by atomic mass is 9.77. The third-order valence-corrected chi connectivity index (χ3v) is 4.71. The smallest absolute Gasteiger partial charge is 0.0537 e. The van der Waals surface area contributed by atoms with Gasteiger partial charge in [0, 0.05) is 29.1 Å². The molecule has 1 atom stereocenters. The normalized spacial score (nSPS) is 27.4. The molecule has 1 heterocycles. The van der Waals surface area contributed by atoms with E-state index >= 15 is 0 Å². The molecule has 1 aromatic rings. The van der Waals surface area contributed by atoms with Gasteiger partial charge in [0.25, 0.3) is 0 Å². The summed E-state index contributed by atoms with van der Waals surface area (Å²) in [6.45, 7) is 2.94. The maximum atomic E-state index is 5.79. The second-order valence-corrected chi connectivity index (χ2v) is 7.03. The van der Waals surface area contributed by atoms with Crippen molar-refractivity contribution < 1.29 is 4.74 Å². The molecule has 0 amide bonds. The number of benzene rings is 1. The topological polar surface area (TPSA) is 21.3 Å². The van der Waals surface area contributed by atoms with Crippen molar-refractivity contribution in [3.63, 3.8) is 0 Å². The molecule has 1 aromatic carbocycles. The van der Waals surface area contributed by atoms with Crippen molar-refractivity contribution in [2.24, 2.45) is 5.41 Å². The van der Waals surface area contributed by atoms with Crippen molar-refractivity contribution in [2.45, 2.75) is 38.1 Å². The summed E-state index contributed by atoms with van der Waals surface area (Å²) in [6.07, 6.45) is 6.30. The predicted octanol–water partition coefficient (Wildman–Crippen LogP) is 3.54. The van der Waals surface area contributed by atoms with Gasteiger partial charge in [-0.2, -0.15) is 0 Å². The van der Waals surface area contributed by atoms with Crippen molar-refractivity contribution >= 4 is 15.9 Å². The van der Waals surface area contributed by atoms with Crippen LogP contribution < -0.4 is 5.32 Å². The Hall–Kier alpha value is -0.380. The molecule has 0 radical (unpaired) electrons. The monoisotopic (exact) mass is 323 g/mol. The minimum absolute atomic E-state index is 0.293. The van der Waals surface area contributed by atoms with E-state index in [1.807, 2.05) is 0 Å². The Kier molecular flexibility index (Phi) is 4.25. The van der Waals surface area contributed by atoms with Gasteiger partial charge >= 0.3 is 0 Å². The predicted molar refractivity (Wildman–Crippen MR) is 81.4 cm³/mol. The lowest BCUT2D eigenvalue weighted by Gasteiger charge is -2.37. The first-order valence-corrected chi connectivity index (χ1v) is 8.11. The van der Waals surface area contributed by atoms with E-state index in [4.69, 9.17) is 4.74 Å². The van der Waals surface area contributed by atoms with Gasteiger partial charge in [0.1, 0.15) is 0 Å². The van der Waals surface area contributed by atoms with Crippen molar-refractivity contribution in [3.05, 3.63) is 34.3 Å². The lowest BCUT2D eigenvalue weighted by molar-refractivity contribution is -0.00735. The first-order valence-electron chi connectivity index (χ1n) is 7.31. The average Bonchev–Trinajstić information content (AvgIpc) is 3.22. The summed E-state index contributed by atoms with van der Waals surface area (Å²) in [4.78, 5) is 0. The number of hydrogen-bond donors (Lipinski definition) is 1. The van der Waals surface area contributed by atoms with Gasteiger partial charge in [-0.3, -0.25) is 0 Å². The second kappa shape index (κ2) is 5.94. The third-order valence-electron chi connectivity index (χ3n) is 4.22. The summed E-state index contributed by atoms with van der Waals surface area (Å²) in [5.41, 5.74) is 1.71. The van der Waals surface area contributed by atoms with Crippen LogP contribution in [0.25, 0.3) is 0 Å². The summed E-state index contributed by atoms with van der Waals surface area (Å²) < 4.78 is 6.96. The largest absolute Gasteiger partial charge is 0.381 e. The minimum Gasteiger partial charge on any atom is -0.381 e. The van der Waals surface area contributed by atoms with E-state index in [-0.39, 0.29) is 0 Å². The van der Waals surface area contributed by atoms with Gasteiger partial charge < -0.3 is 10.1 Å². The zero-order chi connectivity index (χ0) is 13.1. The molecule has 104 valence electrons. The van der Waals surface area contributed by atoms with Gasteiger partial charge in [0.2, 0.25) is 0 Å². The standard InChI is InChI=1S/C16H22BrNO/c17-14-4-1-3-13(9-14)10-16(7-2-8-19-12-16)11-18-15-5-6-15/h1,3-4,9,15,18H,2,5-8,10-12H2. The van der Waals surface area contributed by atoms with E-state index in [0.717, 1.165) is 32.2 Å². The molecule has 3 heteroatoms. The zero-order valence-electron chi connectivity index (χ0n) is 11.3. The van der Waals surface area contributed by atoms with Gasteiger partial charge in [-0.25, -0.2) is 0 Å². The molecular weight excluding hydrogens is 302 g/mol. The molecular formula is C16H22BrNO. The van der Waals surface area contributed by atoms with Crippen molar-refractivity contribution in [3.8, 4) is 0 Å². The van der Waals surface area contributed by atoms with Crippen molar-refractivity contribution in [2.75, 3.05) is 19.8 Å². The summed E-state index contributed by atoms with van der Waals surface area (Å²) in [5.74, 6) is 0. The highest BCUT2D eigenvalue weighted by atomic mass is 79.9. The van der Waals surface area contributed by atoms with Gasteiger partial charge in [0.05, 0.1) is 6.61 Å². The molecule has 2 fully saturated rings. The SMILES string of the molecule is Brc1cccc(CC2(CNC3CC3)CCCOC2)c1. The number of rotatable bonds is 5. The van der Waals surface area contributed by atoms with Crippen molar-refractivity contribution in [1.29, 1.82) is 0 Å². The molecule has 1 aliphatic heterocycles. The number of hydrogen-bond acceptors (Lipinski definition) is 2. The number of nitrogens with one attached hydrogen (secondary N) is 1. The maximum Gasteiger partial charge on any atom is 0.0537 e. The molecule has 1 N–H and O–H groups in total. The Morgan fingerprint density at radius 1 is 1.37 bits per heavy atom. The van der Waals surface area contributed by atoms with Gasteiger partial charge in [-0.05, 0) is 49.8 Å². The third kappa shape index (κ3) is 3.80. The van der Waals surface area contributed by atoms with Crippen LogP contribution in [-0.4, -0.2) is 25.8 Å². The maximum absolute atomic E-state index is 5.79. The number of halogens is 1. The van der Waals surface area contributed by atoms with E-state index < -0.39 is 0 Å². The first kappa shape index (κ1) is 13.6. The van der Waals surface area contributed by atoms with Crippen LogP contribution in [0.4, 0.5) is 0 Å². The number of ether oxygens (including phenoxy) is 1. The molecule has 1 saturated heterocycles. The van der Waals surface area contributed by atoms with Crippen LogP contribution in [-0.2, 0) is 11.2 Å². The Labute approximate surface area is 124 Å². The fraction of sp³-hybridized carbons (Fsp3) is 0.625. The first-order chi connectivity index (χ1) is 9.26. The Morgan fingerprint density at radius 3 is 2.95 bits per heavy atom. The van der Waals surface area contributed by atoms with E-state index in [2.05, 4.69) is 45.5 Å². The molecule has 2 nitrogen and oxygen atoms in total. The van der Waals surface area contributed by atoms with Crippen LogP contribution in [0.2, 0.25) is 0 Å². The highest BCUT2D eigenvalue weighted by Gasteiger charge is 2.35. The van der Waals surface area contributed by atoms with E-state index in [9.17, 15) is 0 Å². The quantitative estimate of drug-likeness (QED) is 0.894. The molecule has 2 aliphatic rings. The van der Waals surface area contributed by atoms with Crippen LogP contribution in [0, 0.1) is 5.41 Å². The van der Waals surface area contributed by atoms with Gasteiger partial charge in [-0.15, -0.1) is 0 Å². The van der Waals surface area contributed by atoms with E-state index in [1.54, 1.807) is 0 Å². The van der Waals surface area contributed by atoms with E-state index in [1.165, 1.54) is 35.7 Å². The summed E-state index contributed by atoms with van der Waals surface area (Å²) in [6, 6.07) is 9.48. The molecule has 1 unspecified atom stereocenters. The van der Waals surface area contributed by atoms with Gasteiger partial charge in [0.15, 0.2) is 0 Å². The lowest BCUT2D eigenvalue weighted by Crippen LogP contribution is -2.43. The van der Waals surface area contributed by atoms with Gasteiger partial charge in [-0.1, -0.05) is 28.1 Å². The zero-order valence-corrected chi connectivity index (χ0v) is 12.9. The molecule has 1 aliphatic carbocycles. The molecule has 1 saturated carbocycles. The average molecular weight is 324 g/mol. The summed E-state index contributed by atoms with van der Waals surface area (Å²) >= 11 is 3.57. The van der Waals surface area contributed by atoms with Crippen LogP contribution in [0.1, 0.15) is 31.2 Å². The van der Waals surface area contributed by atoms with Crippen LogP contribution in [0.3, 0.4) is 0 Å². The Balaban J connectivity index is 1.69. The molecule has 3 rings (SSSR count). The Morgan fingerprint density at radius 2 is 2.26 bits per heavy atom. The molecule has 0 bridgehead atoms.